The summed E-state index contributed by atoms with van der Waals surface area (Å²) in [5, 5.41) is 3.09. The van der Waals surface area contributed by atoms with Crippen LogP contribution in [0.4, 0.5) is 0 Å². The van der Waals surface area contributed by atoms with Gasteiger partial charge in [0, 0.05) is 6.04 Å². The SMILES string of the molecule is CNCCC(N)c1cccc(OC)c1. The first-order chi connectivity index (χ1) is 6.77. The molecule has 1 atom stereocenters. The van der Waals surface area contributed by atoms with Gasteiger partial charge in [-0.15, -0.1) is 0 Å². The molecule has 0 heterocycles. The Bertz CT molecular complexity index is 276. The minimum atomic E-state index is 0.0811. The van der Waals surface area contributed by atoms with Crippen LogP contribution in [0.5, 0.6) is 5.75 Å². The number of hydrogen-bond donors (Lipinski definition) is 2. The Morgan fingerprint density at radius 1 is 1.50 bits per heavy atom. The molecule has 0 saturated carbocycles. The van der Waals surface area contributed by atoms with Crippen molar-refractivity contribution in [3.8, 4) is 5.75 Å². The number of rotatable bonds is 5. The highest BCUT2D eigenvalue weighted by Crippen LogP contribution is 2.19. The van der Waals surface area contributed by atoms with Gasteiger partial charge in [-0.05, 0) is 37.7 Å². The van der Waals surface area contributed by atoms with Crippen molar-refractivity contribution in [2.75, 3.05) is 20.7 Å². The van der Waals surface area contributed by atoms with Crippen molar-refractivity contribution < 1.29 is 4.74 Å². The summed E-state index contributed by atoms with van der Waals surface area (Å²) in [5.74, 6) is 0.863. The van der Waals surface area contributed by atoms with Crippen LogP contribution in [0.2, 0.25) is 0 Å². The van der Waals surface area contributed by atoms with E-state index in [9.17, 15) is 0 Å². The van der Waals surface area contributed by atoms with Gasteiger partial charge in [-0.2, -0.15) is 0 Å². The highest BCUT2D eigenvalue weighted by atomic mass is 16.5. The molecule has 0 spiro atoms. The lowest BCUT2D eigenvalue weighted by Gasteiger charge is -2.12. The summed E-state index contributed by atoms with van der Waals surface area (Å²) in [6.45, 7) is 0.929. The van der Waals surface area contributed by atoms with Gasteiger partial charge in [-0.1, -0.05) is 12.1 Å². The Morgan fingerprint density at radius 3 is 2.93 bits per heavy atom. The monoisotopic (exact) mass is 194 g/mol. The molecular formula is C11H18N2O. The Kier molecular flexibility index (Phi) is 4.43. The van der Waals surface area contributed by atoms with Crippen molar-refractivity contribution in [2.24, 2.45) is 5.73 Å². The summed E-state index contributed by atoms with van der Waals surface area (Å²) < 4.78 is 5.14. The zero-order valence-electron chi connectivity index (χ0n) is 8.79. The van der Waals surface area contributed by atoms with Crippen LogP contribution in [0.15, 0.2) is 24.3 Å². The summed E-state index contributed by atoms with van der Waals surface area (Å²) in [6, 6.07) is 7.99. The van der Waals surface area contributed by atoms with Gasteiger partial charge in [0.25, 0.3) is 0 Å². The summed E-state index contributed by atoms with van der Waals surface area (Å²) in [5.41, 5.74) is 7.13. The molecule has 0 aromatic heterocycles. The molecule has 3 heteroatoms. The minimum absolute atomic E-state index is 0.0811. The largest absolute Gasteiger partial charge is 0.497 e. The Labute approximate surface area is 85.3 Å². The lowest BCUT2D eigenvalue weighted by molar-refractivity contribution is 0.413. The third kappa shape index (κ3) is 3.01. The number of methoxy groups -OCH3 is 1. The third-order valence-electron chi connectivity index (χ3n) is 2.23. The van der Waals surface area contributed by atoms with Crippen molar-refractivity contribution in [3.63, 3.8) is 0 Å². The highest BCUT2D eigenvalue weighted by Gasteiger charge is 2.05. The molecule has 0 radical (unpaired) electrons. The summed E-state index contributed by atoms with van der Waals surface area (Å²) >= 11 is 0. The number of nitrogens with one attached hydrogen (secondary N) is 1. The smallest absolute Gasteiger partial charge is 0.119 e. The fourth-order valence-electron chi connectivity index (χ4n) is 1.34. The molecule has 78 valence electrons. The van der Waals surface area contributed by atoms with Crippen LogP contribution in [-0.2, 0) is 0 Å². The molecule has 0 aliphatic carbocycles. The fraction of sp³-hybridized carbons (Fsp3) is 0.455. The van der Waals surface area contributed by atoms with Crippen LogP contribution in [-0.4, -0.2) is 20.7 Å². The van der Waals surface area contributed by atoms with Crippen molar-refractivity contribution in [1.29, 1.82) is 0 Å². The summed E-state index contributed by atoms with van der Waals surface area (Å²) in [7, 11) is 3.59. The zero-order valence-corrected chi connectivity index (χ0v) is 8.79. The fourth-order valence-corrected chi connectivity index (χ4v) is 1.34. The second-order valence-corrected chi connectivity index (χ2v) is 3.28. The molecule has 14 heavy (non-hydrogen) atoms. The molecule has 0 aliphatic rings. The van der Waals surface area contributed by atoms with Crippen LogP contribution in [0.3, 0.4) is 0 Å². The molecule has 1 unspecified atom stereocenters. The van der Waals surface area contributed by atoms with Gasteiger partial charge in [-0.25, -0.2) is 0 Å². The topological polar surface area (TPSA) is 47.3 Å². The van der Waals surface area contributed by atoms with E-state index in [2.05, 4.69) is 5.32 Å². The molecule has 3 N–H and O–H groups in total. The Hall–Kier alpha value is -1.06. The average Bonchev–Trinajstić information content (AvgIpc) is 2.26. The van der Waals surface area contributed by atoms with E-state index in [1.165, 1.54) is 0 Å². The third-order valence-corrected chi connectivity index (χ3v) is 2.23. The van der Waals surface area contributed by atoms with Crippen LogP contribution in [0, 0.1) is 0 Å². The first-order valence-corrected chi connectivity index (χ1v) is 4.82. The maximum absolute atomic E-state index is 6.01. The lowest BCUT2D eigenvalue weighted by Crippen LogP contribution is -2.17. The first kappa shape index (κ1) is 11.0. The summed E-state index contributed by atoms with van der Waals surface area (Å²) in [6.07, 6.45) is 0.934. The van der Waals surface area contributed by atoms with Gasteiger partial charge in [0.05, 0.1) is 7.11 Å². The second kappa shape index (κ2) is 5.62. The van der Waals surface area contributed by atoms with Crippen LogP contribution in [0.1, 0.15) is 18.0 Å². The average molecular weight is 194 g/mol. The normalized spacial score (nSPS) is 12.5. The predicted octanol–water partition coefficient (Wildman–Crippen LogP) is 1.30. The van der Waals surface area contributed by atoms with Crippen molar-refractivity contribution in [3.05, 3.63) is 29.8 Å². The molecule has 0 saturated heterocycles. The molecule has 1 rings (SSSR count). The summed E-state index contributed by atoms with van der Waals surface area (Å²) in [4.78, 5) is 0. The quantitative estimate of drug-likeness (QED) is 0.743. The molecule has 0 fully saturated rings. The van der Waals surface area contributed by atoms with Crippen LogP contribution in [0.25, 0.3) is 0 Å². The highest BCUT2D eigenvalue weighted by molar-refractivity contribution is 5.30. The molecule has 0 bridgehead atoms. The Morgan fingerprint density at radius 2 is 2.29 bits per heavy atom. The van der Waals surface area contributed by atoms with Gasteiger partial charge < -0.3 is 15.8 Å². The van der Waals surface area contributed by atoms with Gasteiger partial charge >= 0.3 is 0 Å². The van der Waals surface area contributed by atoms with Crippen LogP contribution >= 0.6 is 0 Å². The van der Waals surface area contributed by atoms with Gasteiger partial charge in [0.2, 0.25) is 0 Å². The van der Waals surface area contributed by atoms with Gasteiger partial charge in [0.15, 0.2) is 0 Å². The minimum Gasteiger partial charge on any atom is -0.497 e. The van der Waals surface area contributed by atoms with Crippen molar-refractivity contribution in [2.45, 2.75) is 12.5 Å². The van der Waals surface area contributed by atoms with Crippen molar-refractivity contribution in [1.82, 2.24) is 5.32 Å². The van der Waals surface area contributed by atoms with E-state index in [0.717, 1.165) is 24.3 Å². The number of nitrogens with two attached hydrogens (primary N) is 1. The van der Waals surface area contributed by atoms with Gasteiger partial charge in [-0.3, -0.25) is 0 Å². The van der Waals surface area contributed by atoms with Crippen molar-refractivity contribution >= 4 is 0 Å². The molecule has 0 amide bonds. The zero-order chi connectivity index (χ0) is 10.4. The number of ether oxygens (including phenoxy) is 1. The number of benzene rings is 1. The molecule has 3 nitrogen and oxygen atoms in total. The lowest BCUT2D eigenvalue weighted by atomic mass is 10.0. The van der Waals surface area contributed by atoms with E-state index < -0.39 is 0 Å². The van der Waals surface area contributed by atoms with E-state index in [1.54, 1.807) is 7.11 Å². The predicted molar refractivity (Wildman–Crippen MR) is 58.5 cm³/mol. The molecule has 1 aromatic carbocycles. The molecule has 1 aromatic rings. The Balaban J connectivity index is 2.64. The van der Waals surface area contributed by atoms with E-state index in [0.29, 0.717) is 0 Å². The molecular weight excluding hydrogens is 176 g/mol. The van der Waals surface area contributed by atoms with Gasteiger partial charge in [0.1, 0.15) is 5.75 Å². The maximum Gasteiger partial charge on any atom is 0.119 e. The van der Waals surface area contributed by atoms with E-state index >= 15 is 0 Å². The number of hydrogen-bond acceptors (Lipinski definition) is 3. The van der Waals surface area contributed by atoms with E-state index in [4.69, 9.17) is 10.5 Å². The maximum atomic E-state index is 6.01. The first-order valence-electron chi connectivity index (χ1n) is 4.82. The van der Waals surface area contributed by atoms with Crippen LogP contribution < -0.4 is 15.8 Å². The second-order valence-electron chi connectivity index (χ2n) is 3.28. The standard InChI is InChI=1S/C11H18N2O/c1-13-7-6-11(12)9-4-3-5-10(8-9)14-2/h3-5,8,11,13H,6-7,12H2,1-2H3. The van der Waals surface area contributed by atoms with E-state index in [1.807, 2.05) is 31.3 Å². The molecule has 0 aliphatic heterocycles. The van der Waals surface area contributed by atoms with E-state index in [-0.39, 0.29) is 6.04 Å².